The number of rotatable bonds is 4. The minimum atomic E-state index is -0.327. The van der Waals surface area contributed by atoms with Crippen LogP contribution in [0.5, 0.6) is 0 Å². The van der Waals surface area contributed by atoms with Gasteiger partial charge in [-0.3, -0.25) is 14.0 Å². The highest BCUT2D eigenvalue weighted by atomic mass is 79.9. The van der Waals surface area contributed by atoms with Gasteiger partial charge in [-0.1, -0.05) is 6.92 Å². The average Bonchev–Trinajstić information content (AvgIpc) is 2.75. The van der Waals surface area contributed by atoms with E-state index in [9.17, 15) is 9.59 Å². The highest BCUT2D eigenvalue weighted by molar-refractivity contribution is 9.10. The van der Waals surface area contributed by atoms with E-state index in [0.29, 0.717) is 6.54 Å². The number of aryl methyl sites for hydroxylation is 3. The van der Waals surface area contributed by atoms with E-state index >= 15 is 0 Å². The van der Waals surface area contributed by atoms with Gasteiger partial charge in [0.1, 0.15) is 0 Å². The highest BCUT2D eigenvalue weighted by Gasteiger charge is 2.16. The van der Waals surface area contributed by atoms with Crippen LogP contribution in [0.3, 0.4) is 0 Å². The molecule has 2 aromatic heterocycles. The van der Waals surface area contributed by atoms with E-state index in [1.807, 2.05) is 18.5 Å². The van der Waals surface area contributed by atoms with Crippen LogP contribution in [0.2, 0.25) is 0 Å². The zero-order valence-electron chi connectivity index (χ0n) is 11.8. The van der Waals surface area contributed by atoms with E-state index in [2.05, 4.69) is 21.0 Å². The van der Waals surface area contributed by atoms with Gasteiger partial charge in [0.05, 0.1) is 22.4 Å². The van der Waals surface area contributed by atoms with Crippen molar-refractivity contribution in [3.63, 3.8) is 0 Å². The Morgan fingerprint density at radius 1 is 1.30 bits per heavy atom. The van der Waals surface area contributed by atoms with Crippen molar-refractivity contribution in [1.29, 1.82) is 0 Å². The largest absolute Gasteiger partial charge is 0.331 e. The number of halogens is 1. The molecule has 0 N–H and O–H groups in total. The Kier molecular flexibility index (Phi) is 4.27. The molecule has 2 aromatic rings. The summed E-state index contributed by atoms with van der Waals surface area (Å²) in [4.78, 5) is 24.0. The van der Waals surface area contributed by atoms with Crippen LogP contribution in [-0.4, -0.2) is 18.9 Å². The molecule has 0 atom stereocenters. The first-order chi connectivity index (χ1) is 9.49. The second-order valence-electron chi connectivity index (χ2n) is 4.51. The van der Waals surface area contributed by atoms with Crippen LogP contribution in [0.1, 0.15) is 25.2 Å². The van der Waals surface area contributed by atoms with Crippen molar-refractivity contribution in [1.82, 2.24) is 18.9 Å². The fourth-order valence-electron chi connectivity index (χ4n) is 2.08. The lowest BCUT2D eigenvalue weighted by molar-refractivity contribution is 0.565. The number of nitrogens with zero attached hydrogens (tertiary/aromatic N) is 4. The Bertz CT molecular complexity index is 742. The first-order valence-corrected chi connectivity index (χ1v) is 7.29. The van der Waals surface area contributed by atoms with Gasteiger partial charge in [0, 0.05) is 25.9 Å². The molecule has 0 aliphatic carbocycles. The molecule has 6 nitrogen and oxygen atoms in total. The first-order valence-electron chi connectivity index (χ1n) is 6.50. The zero-order valence-corrected chi connectivity index (χ0v) is 13.3. The number of hydrogen-bond donors (Lipinski definition) is 0. The second kappa shape index (κ2) is 5.78. The average molecular weight is 341 g/mol. The fourth-order valence-corrected chi connectivity index (χ4v) is 2.77. The Hall–Kier alpha value is -1.63. The lowest BCUT2D eigenvalue weighted by Crippen LogP contribution is -2.38. The third-order valence-electron chi connectivity index (χ3n) is 3.24. The van der Waals surface area contributed by atoms with E-state index in [0.717, 1.165) is 22.3 Å². The van der Waals surface area contributed by atoms with Gasteiger partial charge >= 0.3 is 5.69 Å². The van der Waals surface area contributed by atoms with Crippen LogP contribution in [-0.2, 0) is 26.6 Å². The van der Waals surface area contributed by atoms with Gasteiger partial charge in [0.25, 0.3) is 5.56 Å². The van der Waals surface area contributed by atoms with Crippen molar-refractivity contribution in [2.45, 2.75) is 33.4 Å². The molecular weight excluding hydrogens is 324 g/mol. The van der Waals surface area contributed by atoms with Crippen molar-refractivity contribution in [3.8, 4) is 0 Å². The maximum absolute atomic E-state index is 12.1. The summed E-state index contributed by atoms with van der Waals surface area (Å²) in [6.45, 7) is 4.91. The molecular formula is C13H17BrN4O2. The van der Waals surface area contributed by atoms with E-state index in [1.165, 1.54) is 21.4 Å². The smallest absolute Gasteiger partial charge is 0.303 e. The normalized spacial score (nSPS) is 11.0. The molecule has 0 unspecified atom stereocenters. The summed E-state index contributed by atoms with van der Waals surface area (Å²) in [5.74, 6) is 0. The highest BCUT2D eigenvalue weighted by Crippen LogP contribution is 2.22. The van der Waals surface area contributed by atoms with Gasteiger partial charge in [0.2, 0.25) is 0 Å². The van der Waals surface area contributed by atoms with Gasteiger partial charge < -0.3 is 4.57 Å². The molecule has 0 spiro atoms. The van der Waals surface area contributed by atoms with E-state index in [-0.39, 0.29) is 17.8 Å². The molecule has 7 heteroatoms. The summed E-state index contributed by atoms with van der Waals surface area (Å²) in [5.41, 5.74) is 1.14. The standard InChI is InChI=1S/C13H17BrN4O2/c1-4-9-12(14)10(18(5-2)15-9)8-17-11(19)6-7-16(3)13(17)20/h6-7H,4-5,8H2,1-3H3. The van der Waals surface area contributed by atoms with Crippen LogP contribution in [0, 0.1) is 0 Å². The second-order valence-corrected chi connectivity index (χ2v) is 5.30. The van der Waals surface area contributed by atoms with Crippen molar-refractivity contribution in [3.05, 3.63) is 49.0 Å². The van der Waals surface area contributed by atoms with E-state index in [4.69, 9.17) is 0 Å². The van der Waals surface area contributed by atoms with Gasteiger partial charge in [0.15, 0.2) is 0 Å². The lowest BCUT2D eigenvalue weighted by atomic mass is 10.3. The van der Waals surface area contributed by atoms with Crippen LogP contribution in [0.4, 0.5) is 0 Å². The Morgan fingerprint density at radius 2 is 2.00 bits per heavy atom. The molecule has 0 aliphatic rings. The minimum Gasteiger partial charge on any atom is -0.303 e. The van der Waals surface area contributed by atoms with Gasteiger partial charge in [-0.15, -0.1) is 0 Å². The molecule has 0 saturated heterocycles. The van der Waals surface area contributed by atoms with Crippen LogP contribution >= 0.6 is 15.9 Å². The lowest BCUT2D eigenvalue weighted by Gasteiger charge is -2.08. The molecule has 2 rings (SSSR count). The summed E-state index contributed by atoms with van der Waals surface area (Å²) < 4.78 is 5.30. The molecule has 0 fully saturated rings. The molecule has 0 saturated carbocycles. The third-order valence-corrected chi connectivity index (χ3v) is 4.16. The fraction of sp³-hybridized carbons (Fsp3) is 0.462. The zero-order chi connectivity index (χ0) is 14.9. The molecule has 0 bridgehead atoms. The van der Waals surface area contributed by atoms with Crippen molar-refractivity contribution in [2.24, 2.45) is 7.05 Å². The maximum Gasteiger partial charge on any atom is 0.331 e. The van der Waals surface area contributed by atoms with Crippen LogP contribution in [0.15, 0.2) is 26.3 Å². The SMILES string of the molecule is CCc1nn(CC)c(Cn2c(=O)ccn(C)c2=O)c1Br. The Balaban J connectivity index is 2.56. The van der Waals surface area contributed by atoms with Crippen molar-refractivity contribution < 1.29 is 0 Å². The third kappa shape index (κ3) is 2.49. The Labute approximate surface area is 124 Å². The monoisotopic (exact) mass is 340 g/mol. The van der Waals surface area contributed by atoms with Crippen LogP contribution in [0.25, 0.3) is 0 Å². The minimum absolute atomic E-state index is 0.216. The van der Waals surface area contributed by atoms with Gasteiger partial charge in [-0.05, 0) is 29.3 Å². The summed E-state index contributed by atoms with van der Waals surface area (Å²) in [5, 5.41) is 4.47. The van der Waals surface area contributed by atoms with E-state index < -0.39 is 0 Å². The predicted molar refractivity (Wildman–Crippen MR) is 80.0 cm³/mol. The van der Waals surface area contributed by atoms with Crippen molar-refractivity contribution >= 4 is 15.9 Å². The summed E-state index contributed by atoms with van der Waals surface area (Å²) in [7, 11) is 1.63. The van der Waals surface area contributed by atoms with Gasteiger partial charge in [-0.25, -0.2) is 4.79 Å². The molecule has 0 radical (unpaired) electrons. The molecule has 2 heterocycles. The predicted octanol–water partition coefficient (Wildman–Crippen LogP) is 1.14. The molecule has 0 amide bonds. The Morgan fingerprint density at radius 3 is 2.60 bits per heavy atom. The number of aromatic nitrogens is 4. The molecule has 20 heavy (non-hydrogen) atoms. The summed E-state index contributed by atoms with van der Waals surface area (Å²) in [6, 6.07) is 1.39. The summed E-state index contributed by atoms with van der Waals surface area (Å²) in [6.07, 6.45) is 2.27. The van der Waals surface area contributed by atoms with Crippen LogP contribution < -0.4 is 11.2 Å². The molecule has 0 aromatic carbocycles. The first kappa shape index (κ1) is 14.8. The van der Waals surface area contributed by atoms with Crippen molar-refractivity contribution in [2.75, 3.05) is 0 Å². The van der Waals surface area contributed by atoms with E-state index in [1.54, 1.807) is 7.05 Å². The van der Waals surface area contributed by atoms with Gasteiger partial charge in [-0.2, -0.15) is 5.10 Å². The topological polar surface area (TPSA) is 61.8 Å². The summed E-state index contributed by atoms with van der Waals surface area (Å²) >= 11 is 3.52. The number of hydrogen-bond acceptors (Lipinski definition) is 3. The maximum atomic E-state index is 12.1. The molecule has 0 aliphatic heterocycles. The molecule has 108 valence electrons. The quantitative estimate of drug-likeness (QED) is 0.838.